The van der Waals surface area contributed by atoms with Gasteiger partial charge in [-0.2, -0.15) is 5.10 Å². The first-order valence-corrected chi connectivity index (χ1v) is 11.8. The number of hydrogen-bond donors (Lipinski definition) is 2. The predicted molar refractivity (Wildman–Crippen MR) is 114 cm³/mol. The Morgan fingerprint density at radius 3 is 2.57 bits per heavy atom. The minimum Gasteiger partial charge on any atom is -0.493 e. The molecule has 0 radical (unpaired) electrons. The molecule has 2 aromatic rings. The van der Waals surface area contributed by atoms with Crippen molar-refractivity contribution in [3.8, 4) is 5.75 Å². The van der Waals surface area contributed by atoms with E-state index in [1.165, 1.54) is 0 Å². The zero-order valence-corrected chi connectivity index (χ0v) is 18.6. The summed E-state index contributed by atoms with van der Waals surface area (Å²) < 4.78 is 33.9. The van der Waals surface area contributed by atoms with Gasteiger partial charge in [0.05, 0.1) is 18.0 Å². The number of sulfonamides is 1. The molecule has 1 fully saturated rings. The second-order valence-corrected chi connectivity index (χ2v) is 9.41. The Balaban J connectivity index is 1.41. The molecule has 8 nitrogen and oxygen atoms in total. The number of rotatable bonds is 8. The minimum absolute atomic E-state index is 0.0891. The minimum atomic E-state index is -3.63. The molecule has 1 saturated heterocycles. The molecule has 1 aromatic heterocycles. The van der Waals surface area contributed by atoms with E-state index in [0.29, 0.717) is 56.8 Å². The van der Waals surface area contributed by atoms with Crippen molar-refractivity contribution < 1.29 is 17.9 Å². The number of H-pyrrole nitrogens is 1. The third-order valence-corrected chi connectivity index (χ3v) is 7.17. The molecular formula is C21H30N4O4S. The molecule has 2 heterocycles. The Kier molecular flexibility index (Phi) is 7.14. The van der Waals surface area contributed by atoms with Gasteiger partial charge in [-0.25, -0.2) is 13.1 Å². The highest BCUT2D eigenvalue weighted by Crippen LogP contribution is 2.20. The van der Waals surface area contributed by atoms with E-state index >= 15 is 0 Å². The van der Waals surface area contributed by atoms with Crippen molar-refractivity contribution in [3.05, 3.63) is 41.2 Å². The fourth-order valence-corrected chi connectivity index (χ4v) is 5.42. The summed E-state index contributed by atoms with van der Waals surface area (Å²) in [4.78, 5) is 14.5. The van der Waals surface area contributed by atoms with E-state index in [9.17, 15) is 13.2 Å². The maximum absolute atomic E-state index is 12.7. The van der Waals surface area contributed by atoms with E-state index in [4.69, 9.17) is 4.74 Å². The average molecular weight is 435 g/mol. The monoisotopic (exact) mass is 434 g/mol. The van der Waals surface area contributed by atoms with Crippen molar-refractivity contribution in [2.75, 3.05) is 19.7 Å². The van der Waals surface area contributed by atoms with Gasteiger partial charge in [-0.3, -0.25) is 9.89 Å². The van der Waals surface area contributed by atoms with E-state index in [0.717, 1.165) is 11.3 Å². The number of nitrogens with one attached hydrogen (secondary N) is 2. The van der Waals surface area contributed by atoms with Gasteiger partial charge in [0.1, 0.15) is 10.6 Å². The van der Waals surface area contributed by atoms with Crippen LogP contribution in [0, 0.1) is 20.8 Å². The number of hydrogen-bond acceptors (Lipinski definition) is 5. The van der Waals surface area contributed by atoms with Crippen LogP contribution in [-0.2, 0) is 14.8 Å². The maximum Gasteiger partial charge on any atom is 0.244 e. The Morgan fingerprint density at radius 2 is 1.93 bits per heavy atom. The first kappa shape index (κ1) is 22.3. The smallest absolute Gasteiger partial charge is 0.244 e. The molecule has 0 saturated carbocycles. The highest BCUT2D eigenvalue weighted by Gasteiger charge is 2.29. The number of aryl methyl sites for hydroxylation is 3. The molecule has 0 spiro atoms. The molecule has 1 amide bonds. The molecular weight excluding hydrogens is 404 g/mol. The van der Waals surface area contributed by atoms with Crippen molar-refractivity contribution in [3.63, 3.8) is 0 Å². The predicted octanol–water partition coefficient (Wildman–Crippen LogP) is 2.46. The summed E-state index contributed by atoms with van der Waals surface area (Å²) in [6.45, 7) is 6.95. The molecule has 9 heteroatoms. The number of benzene rings is 1. The summed E-state index contributed by atoms with van der Waals surface area (Å²) in [5.74, 6) is 0.937. The van der Waals surface area contributed by atoms with Crippen LogP contribution >= 0.6 is 0 Å². The number of amides is 1. The second kappa shape index (κ2) is 9.61. The standard InChI is InChI=1S/C21H30N4O4S/c1-15-7-4-5-8-19(15)29-14-6-9-20(26)25-12-10-18(11-13-25)24-30(27,28)21-16(2)22-23-17(21)3/h4-5,7-8,18,24H,6,9-14H2,1-3H3,(H,22,23). The molecule has 3 rings (SSSR count). The summed E-state index contributed by atoms with van der Waals surface area (Å²) in [5, 5.41) is 6.67. The van der Waals surface area contributed by atoms with Crippen LogP contribution < -0.4 is 9.46 Å². The molecule has 0 unspecified atom stereocenters. The van der Waals surface area contributed by atoms with E-state index in [1.807, 2.05) is 36.1 Å². The Labute approximate surface area is 178 Å². The first-order chi connectivity index (χ1) is 14.3. The summed E-state index contributed by atoms with van der Waals surface area (Å²) in [6, 6.07) is 7.63. The molecule has 0 bridgehead atoms. The quantitative estimate of drug-likeness (QED) is 0.621. The van der Waals surface area contributed by atoms with Crippen LogP contribution in [0.2, 0.25) is 0 Å². The lowest BCUT2D eigenvalue weighted by molar-refractivity contribution is -0.132. The van der Waals surface area contributed by atoms with E-state index in [2.05, 4.69) is 14.9 Å². The lowest BCUT2D eigenvalue weighted by atomic mass is 10.1. The third-order valence-electron chi connectivity index (χ3n) is 5.38. The van der Waals surface area contributed by atoms with Gasteiger partial charge in [0.2, 0.25) is 15.9 Å². The van der Waals surface area contributed by atoms with Gasteiger partial charge in [0, 0.05) is 25.6 Å². The van der Waals surface area contributed by atoms with E-state index < -0.39 is 10.0 Å². The number of aromatic nitrogens is 2. The van der Waals surface area contributed by atoms with E-state index in [-0.39, 0.29) is 16.8 Å². The fraction of sp³-hybridized carbons (Fsp3) is 0.524. The van der Waals surface area contributed by atoms with Crippen LogP contribution in [0.1, 0.15) is 42.6 Å². The van der Waals surface area contributed by atoms with Crippen molar-refractivity contribution in [1.82, 2.24) is 19.8 Å². The number of carbonyl (C=O) groups excluding carboxylic acids is 1. The van der Waals surface area contributed by atoms with Crippen molar-refractivity contribution in [2.24, 2.45) is 0 Å². The molecule has 30 heavy (non-hydrogen) atoms. The van der Waals surface area contributed by atoms with Gasteiger partial charge >= 0.3 is 0 Å². The van der Waals surface area contributed by atoms with Gasteiger partial charge in [0.15, 0.2) is 0 Å². The third kappa shape index (κ3) is 5.40. The number of carbonyl (C=O) groups is 1. The second-order valence-electron chi connectivity index (χ2n) is 7.76. The van der Waals surface area contributed by atoms with Crippen LogP contribution in [0.25, 0.3) is 0 Å². The summed E-state index contributed by atoms with van der Waals surface area (Å²) in [6.07, 6.45) is 2.27. The van der Waals surface area contributed by atoms with Gasteiger partial charge in [-0.05, 0) is 51.7 Å². The topological polar surface area (TPSA) is 104 Å². The largest absolute Gasteiger partial charge is 0.493 e. The zero-order chi connectivity index (χ0) is 21.7. The number of para-hydroxylation sites is 1. The van der Waals surface area contributed by atoms with Crippen LogP contribution in [-0.4, -0.2) is 55.2 Å². The summed E-state index contributed by atoms with van der Waals surface area (Å²) in [5.41, 5.74) is 2.07. The van der Waals surface area contributed by atoms with Gasteiger partial charge in [-0.15, -0.1) is 0 Å². The lowest BCUT2D eigenvalue weighted by Crippen LogP contribution is -2.46. The summed E-state index contributed by atoms with van der Waals surface area (Å²) in [7, 11) is -3.63. The molecule has 164 valence electrons. The molecule has 2 N–H and O–H groups in total. The number of nitrogens with zero attached hydrogens (tertiary/aromatic N) is 2. The van der Waals surface area contributed by atoms with Crippen molar-refractivity contribution >= 4 is 15.9 Å². The number of aromatic amines is 1. The highest BCUT2D eigenvalue weighted by atomic mass is 32.2. The van der Waals surface area contributed by atoms with Crippen molar-refractivity contribution in [1.29, 1.82) is 0 Å². The summed E-state index contributed by atoms with van der Waals surface area (Å²) >= 11 is 0. The number of piperidine rings is 1. The van der Waals surface area contributed by atoms with Gasteiger partial charge in [0.25, 0.3) is 0 Å². The maximum atomic E-state index is 12.7. The number of ether oxygens (including phenoxy) is 1. The first-order valence-electron chi connectivity index (χ1n) is 10.3. The Morgan fingerprint density at radius 1 is 1.23 bits per heavy atom. The molecule has 1 aliphatic rings. The molecule has 1 aliphatic heterocycles. The van der Waals surface area contributed by atoms with Gasteiger partial charge < -0.3 is 9.64 Å². The van der Waals surface area contributed by atoms with Crippen molar-refractivity contribution in [2.45, 2.75) is 57.4 Å². The van der Waals surface area contributed by atoms with Crippen LogP contribution in [0.3, 0.4) is 0 Å². The SMILES string of the molecule is Cc1ccccc1OCCCC(=O)N1CCC(NS(=O)(=O)c2c(C)n[nH]c2C)CC1. The molecule has 0 aliphatic carbocycles. The Bertz CT molecular complexity index is 959. The van der Waals surface area contributed by atoms with Crippen LogP contribution in [0.5, 0.6) is 5.75 Å². The average Bonchev–Trinajstić information content (AvgIpc) is 3.05. The zero-order valence-electron chi connectivity index (χ0n) is 17.8. The highest BCUT2D eigenvalue weighted by molar-refractivity contribution is 7.89. The van der Waals surface area contributed by atoms with Crippen LogP contribution in [0.15, 0.2) is 29.2 Å². The molecule has 0 atom stereocenters. The number of likely N-dealkylation sites (tertiary alicyclic amines) is 1. The Hall–Kier alpha value is -2.39. The van der Waals surface area contributed by atoms with Gasteiger partial charge in [-0.1, -0.05) is 18.2 Å². The normalized spacial score (nSPS) is 15.4. The van der Waals surface area contributed by atoms with E-state index in [1.54, 1.807) is 13.8 Å². The fourth-order valence-electron chi connectivity index (χ4n) is 3.74. The lowest BCUT2D eigenvalue weighted by Gasteiger charge is -2.32. The molecule has 1 aromatic carbocycles. The van der Waals surface area contributed by atoms with Crippen LogP contribution in [0.4, 0.5) is 0 Å².